The molecule has 0 atom stereocenters. The molecule has 1 nitrogen and oxygen atoms in total. The molecule has 0 saturated heterocycles. The number of hydrogen-bond donors (Lipinski definition) is 1. The minimum Gasteiger partial charge on any atom is -0.320 e. The molecule has 2 rings (SSSR count). The predicted octanol–water partition coefficient (Wildman–Crippen LogP) is 4.05. The Morgan fingerprint density at radius 1 is 1.14 bits per heavy atom. The molecule has 0 aliphatic rings. The van der Waals surface area contributed by atoms with Crippen LogP contribution >= 0.6 is 11.8 Å². The second-order valence-corrected chi connectivity index (χ2v) is 5.93. The quantitative estimate of drug-likeness (QED) is 0.683. The lowest BCUT2D eigenvalue weighted by atomic mass is 10.1. The fraction of sp³-hybridized carbons (Fsp3) is 0.222. The van der Waals surface area contributed by atoms with E-state index in [-0.39, 0.29) is 12.4 Å². The van der Waals surface area contributed by atoms with Gasteiger partial charge in [0.25, 0.3) is 0 Å². The first-order chi connectivity index (χ1) is 10.1. The van der Waals surface area contributed by atoms with Gasteiger partial charge in [-0.15, -0.1) is 11.8 Å². The Kier molecular flexibility index (Phi) is 5.44. The maximum absolute atomic E-state index is 13.6. The molecule has 0 radical (unpaired) electrons. The van der Waals surface area contributed by atoms with E-state index in [1.54, 1.807) is 17.8 Å². The van der Waals surface area contributed by atoms with Crippen LogP contribution in [0.15, 0.2) is 41.3 Å². The van der Waals surface area contributed by atoms with Crippen molar-refractivity contribution in [3.05, 3.63) is 64.5 Å². The molecule has 0 bridgehead atoms. The van der Waals surface area contributed by atoms with Gasteiger partial charge in [0.15, 0.2) is 0 Å². The lowest BCUT2D eigenvalue weighted by Gasteiger charge is -2.07. The molecule has 0 saturated carbocycles. The fourth-order valence-electron chi connectivity index (χ4n) is 1.98. The van der Waals surface area contributed by atoms with Gasteiger partial charge >= 0.3 is 0 Å². The summed E-state index contributed by atoms with van der Waals surface area (Å²) in [6.45, 7) is 4.45. The maximum atomic E-state index is 13.6. The molecule has 0 heterocycles. The van der Waals surface area contributed by atoms with Gasteiger partial charge in [0.1, 0.15) is 5.82 Å². The normalized spacial score (nSPS) is 10.1. The second-order valence-electron chi connectivity index (χ2n) is 4.91. The van der Waals surface area contributed by atoms with Crippen LogP contribution in [0.1, 0.15) is 22.3 Å². The fourth-order valence-corrected chi connectivity index (χ4v) is 3.04. The van der Waals surface area contributed by atoms with E-state index in [9.17, 15) is 4.39 Å². The van der Waals surface area contributed by atoms with E-state index in [1.165, 1.54) is 22.1 Å². The number of thioether (sulfide) groups is 1. The molecule has 3 heteroatoms. The number of rotatable bonds is 3. The minimum atomic E-state index is -0.254. The lowest BCUT2D eigenvalue weighted by molar-refractivity contribution is 0.626. The number of nitrogens with two attached hydrogens (primary N) is 1. The maximum Gasteiger partial charge on any atom is 0.124 e. The zero-order valence-electron chi connectivity index (χ0n) is 12.2. The molecule has 0 spiro atoms. The summed E-state index contributed by atoms with van der Waals surface area (Å²) >= 11 is 1.72. The summed E-state index contributed by atoms with van der Waals surface area (Å²) in [5, 5.41) is 0. The van der Waals surface area contributed by atoms with Gasteiger partial charge < -0.3 is 5.73 Å². The van der Waals surface area contributed by atoms with Crippen LogP contribution in [0.25, 0.3) is 0 Å². The van der Waals surface area contributed by atoms with Gasteiger partial charge in [-0.05, 0) is 49.2 Å². The third-order valence-electron chi connectivity index (χ3n) is 3.03. The van der Waals surface area contributed by atoms with Gasteiger partial charge in [0, 0.05) is 16.2 Å². The molecular formula is C18H18FNS. The van der Waals surface area contributed by atoms with E-state index in [1.807, 2.05) is 6.07 Å². The molecule has 0 aliphatic carbocycles. The first kappa shape index (κ1) is 15.6. The van der Waals surface area contributed by atoms with E-state index in [4.69, 9.17) is 5.73 Å². The predicted molar refractivity (Wildman–Crippen MR) is 87.8 cm³/mol. The first-order valence-electron chi connectivity index (χ1n) is 6.77. The Labute approximate surface area is 129 Å². The molecule has 0 aliphatic heterocycles. The van der Waals surface area contributed by atoms with Crippen molar-refractivity contribution in [3.8, 4) is 11.8 Å². The van der Waals surface area contributed by atoms with Crippen molar-refractivity contribution in [2.24, 2.45) is 5.73 Å². The van der Waals surface area contributed by atoms with Crippen LogP contribution in [0.4, 0.5) is 4.39 Å². The van der Waals surface area contributed by atoms with Gasteiger partial charge in [-0.25, -0.2) is 4.39 Å². The van der Waals surface area contributed by atoms with Gasteiger partial charge in [0.2, 0.25) is 0 Å². The molecule has 108 valence electrons. The van der Waals surface area contributed by atoms with E-state index in [0.29, 0.717) is 5.56 Å². The summed E-state index contributed by atoms with van der Waals surface area (Å²) in [6.07, 6.45) is 0. The largest absolute Gasteiger partial charge is 0.320 e. The molecule has 0 unspecified atom stereocenters. The smallest absolute Gasteiger partial charge is 0.124 e. The van der Waals surface area contributed by atoms with E-state index in [2.05, 4.69) is 43.9 Å². The minimum absolute atomic E-state index is 0.254. The summed E-state index contributed by atoms with van der Waals surface area (Å²) in [5.74, 6) is 6.10. The van der Waals surface area contributed by atoms with Crippen LogP contribution in [0.3, 0.4) is 0 Å². The molecule has 2 N–H and O–H groups in total. The number of aryl methyl sites for hydroxylation is 2. The van der Waals surface area contributed by atoms with Crippen LogP contribution in [-0.4, -0.2) is 6.54 Å². The Balaban J connectivity index is 2.16. The SMILES string of the molecule is Cc1ccc(C)c(SCc2cc(F)cc(C#CCN)c2)c1. The molecule has 0 fully saturated rings. The highest BCUT2D eigenvalue weighted by atomic mass is 32.2. The van der Waals surface area contributed by atoms with Crippen molar-refractivity contribution in [3.63, 3.8) is 0 Å². The topological polar surface area (TPSA) is 26.0 Å². The Hall–Kier alpha value is -1.76. The lowest BCUT2D eigenvalue weighted by Crippen LogP contribution is -1.93. The van der Waals surface area contributed by atoms with Crippen LogP contribution in [0, 0.1) is 31.5 Å². The van der Waals surface area contributed by atoms with Gasteiger partial charge in [-0.2, -0.15) is 0 Å². The molecule has 0 amide bonds. The average Bonchev–Trinajstić information content (AvgIpc) is 2.45. The van der Waals surface area contributed by atoms with Crippen molar-refractivity contribution in [2.75, 3.05) is 6.54 Å². The highest BCUT2D eigenvalue weighted by Gasteiger charge is 2.03. The van der Waals surface area contributed by atoms with Gasteiger partial charge in [-0.3, -0.25) is 0 Å². The highest BCUT2D eigenvalue weighted by Crippen LogP contribution is 2.27. The summed E-state index contributed by atoms with van der Waals surface area (Å²) in [7, 11) is 0. The molecule has 2 aromatic carbocycles. The molecular weight excluding hydrogens is 281 g/mol. The number of benzene rings is 2. The summed E-state index contributed by atoms with van der Waals surface area (Å²) in [6, 6.07) is 11.3. The standard InChI is InChI=1S/C18H18FNS/c1-13-5-6-14(2)18(8-13)21-12-16-9-15(4-3-7-20)10-17(19)11-16/h5-6,8-11H,7,12,20H2,1-2H3. The van der Waals surface area contributed by atoms with Crippen LogP contribution < -0.4 is 5.73 Å². The van der Waals surface area contributed by atoms with Crippen LogP contribution in [0.2, 0.25) is 0 Å². The average molecular weight is 299 g/mol. The third kappa shape index (κ3) is 4.63. The zero-order chi connectivity index (χ0) is 15.2. The van der Waals surface area contributed by atoms with Crippen molar-refractivity contribution in [2.45, 2.75) is 24.5 Å². The monoisotopic (exact) mass is 299 g/mol. The van der Waals surface area contributed by atoms with E-state index < -0.39 is 0 Å². The second kappa shape index (κ2) is 7.31. The third-order valence-corrected chi connectivity index (χ3v) is 4.26. The van der Waals surface area contributed by atoms with E-state index in [0.717, 1.165) is 11.3 Å². The summed E-state index contributed by atoms with van der Waals surface area (Å²) in [4.78, 5) is 1.23. The molecule has 21 heavy (non-hydrogen) atoms. The molecule has 2 aromatic rings. The van der Waals surface area contributed by atoms with E-state index >= 15 is 0 Å². The zero-order valence-corrected chi connectivity index (χ0v) is 13.1. The van der Waals surface area contributed by atoms with Crippen LogP contribution in [0.5, 0.6) is 0 Å². The first-order valence-corrected chi connectivity index (χ1v) is 7.75. The highest BCUT2D eigenvalue weighted by molar-refractivity contribution is 7.98. The van der Waals surface area contributed by atoms with Gasteiger partial charge in [0.05, 0.1) is 6.54 Å². The Morgan fingerprint density at radius 3 is 2.71 bits per heavy atom. The van der Waals surface area contributed by atoms with Crippen LogP contribution in [-0.2, 0) is 5.75 Å². The number of hydrogen-bond acceptors (Lipinski definition) is 2. The number of halogens is 1. The van der Waals surface area contributed by atoms with Crippen molar-refractivity contribution < 1.29 is 4.39 Å². The van der Waals surface area contributed by atoms with Crippen molar-refractivity contribution in [1.29, 1.82) is 0 Å². The Bertz CT molecular complexity index is 698. The molecule has 0 aromatic heterocycles. The summed E-state index contributed by atoms with van der Waals surface area (Å²) < 4.78 is 13.6. The van der Waals surface area contributed by atoms with Crippen molar-refractivity contribution in [1.82, 2.24) is 0 Å². The summed E-state index contributed by atoms with van der Waals surface area (Å²) in [5.41, 5.74) is 9.43. The van der Waals surface area contributed by atoms with Gasteiger partial charge in [-0.1, -0.05) is 29.5 Å². The Morgan fingerprint density at radius 2 is 1.95 bits per heavy atom. The van der Waals surface area contributed by atoms with Crippen molar-refractivity contribution >= 4 is 11.8 Å².